The molecule has 1 unspecified atom stereocenters. The fourth-order valence-corrected chi connectivity index (χ4v) is 4.49. The van der Waals surface area contributed by atoms with Crippen LogP contribution in [0.1, 0.15) is 59.3 Å². The third-order valence-electron chi connectivity index (χ3n) is 6.11. The Morgan fingerprint density at radius 3 is 2.79 bits per heavy atom. The van der Waals surface area contributed by atoms with E-state index in [4.69, 9.17) is 17.3 Å². The second-order valence-electron chi connectivity index (χ2n) is 8.50. The maximum atomic E-state index is 15.0. The summed E-state index contributed by atoms with van der Waals surface area (Å²) >= 11 is 5.99. The molecule has 1 fully saturated rings. The molecule has 1 saturated carbocycles. The van der Waals surface area contributed by atoms with Crippen LogP contribution in [-0.2, 0) is 0 Å². The molecular formula is C25H26ClFN4O3. The fourth-order valence-electron chi connectivity index (χ4n) is 4.29. The molecule has 0 spiro atoms. The molecule has 0 aliphatic heterocycles. The molecule has 0 radical (unpaired) electrons. The molecule has 1 aromatic heterocycles. The van der Waals surface area contributed by atoms with Crippen LogP contribution < -0.4 is 11.1 Å². The molecule has 4 rings (SSSR count). The van der Waals surface area contributed by atoms with E-state index in [0.717, 1.165) is 19.3 Å². The summed E-state index contributed by atoms with van der Waals surface area (Å²) in [6, 6.07) is 10.1. The van der Waals surface area contributed by atoms with Gasteiger partial charge >= 0.3 is 0 Å². The van der Waals surface area contributed by atoms with E-state index in [9.17, 15) is 19.4 Å². The van der Waals surface area contributed by atoms with Crippen LogP contribution in [0.15, 0.2) is 48.7 Å². The predicted molar refractivity (Wildman–Crippen MR) is 128 cm³/mol. The Kier molecular flexibility index (Phi) is 7.41. The van der Waals surface area contributed by atoms with Crippen LogP contribution >= 0.6 is 11.6 Å². The van der Waals surface area contributed by atoms with Crippen LogP contribution in [0.4, 0.5) is 10.2 Å². The summed E-state index contributed by atoms with van der Waals surface area (Å²) in [5.74, 6) is -1.21. The molecule has 34 heavy (non-hydrogen) atoms. The molecule has 5 N–H and O–H groups in total. The van der Waals surface area contributed by atoms with Gasteiger partial charge in [0.25, 0.3) is 5.91 Å². The van der Waals surface area contributed by atoms with Crippen molar-refractivity contribution < 1.29 is 19.4 Å². The van der Waals surface area contributed by atoms with E-state index in [1.807, 2.05) is 0 Å². The number of hydrogen-bond donors (Lipinski definition) is 4. The highest BCUT2D eigenvalue weighted by molar-refractivity contribution is 6.30. The number of nitrogens with one attached hydrogen (secondary N) is 1. The van der Waals surface area contributed by atoms with Crippen LogP contribution in [0, 0.1) is 5.82 Å². The Morgan fingerprint density at radius 1 is 1.26 bits per heavy atom. The number of benzene rings is 2. The second kappa shape index (κ2) is 10.5. The summed E-state index contributed by atoms with van der Waals surface area (Å²) in [7, 11) is 0. The lowest BCUT2D eigenvalue weighted by Crippen LogP contribution is -2.31. The standard InChI is InChI=1S/C25H26ClFN4O3/c26-17-5-1-3-14(9-17)22(13-32)31-25(34)19-8-7-16(11-20(19)27)23-24(28)29-12-21(30-23)15-4-2-6-18(33)10-15/h1,3,5,7-9,11-12,15,18,22,32-33H,2,4,6,10,13H2,(H2,28,29)(H,31,34)/t15-,18+,22?/m0/s1. The van der Waals surface area contributed by atoms with E-state index < -0.39 is 17.8 Å². The number of aromatic nitrogens is 2. The molecule has 1 aliphatic carbocycles. The van der Waals surface area contributed by atoms with Crippen LogP contribution in [0.25, 0.3) is 11.3 Å². The number of halogens is 2. The van der Waals surface area contributed by atoms with Gasteiger partial charge in [0.2, 0.25) is 0 Å². The number of aliphatic hydroxyl groups excluding tert-OH is 2. The van der Waals surface area contributed by atoms with Gasteiger partial charge in [0.15, 0.2) is 0 Å². The molecule has 1 heterocycles. The summed E-state index contributed by atoms with van der Waals surface area (Å²) in [5.41, 5.74) is 7.88. The molecule has 3 aromatic rings. The molecule has 0 bridgehead atoms. The molecule has 9 heteroatoms. The highest BCUT2D eigenvalue weighted by Crippen LogP contribution is 2.34. The average molecular weight is 485 g/mol. The molecule has 0 saturated heterocycles. The quantitative estimate of drug-likeness (QED) is 0.419. The highest BCUT2D eigenvalue weighted by atomic mass is 35.5. The monoisotopic (exact) mass is 484 g/mol. The second-order valence-corrected chi connectivity index (χ2v) is 8.94. The Bertz CT molecular complexity index is 1190. The summed E-state index contributed by atoms with van der Waals surface area (Å²) in [4.78, 5) is 21.6. The number of rotatable bonds is 6. The molecule has 1 aliphatic rings. The topological polar surface area (TPSA) is 121 Å². The van der Waals surface area contributed by atoms with Crippen LogP contribution in [0.5, 0.6) is 0 Å². The van der Waals surface area contributed by atoms with Crippen LogP contribution in [0.2, 0.25) is 5.02 Å². The van der Waals surface area contributed by atoms with E-state index >= 15 is 0 Å². The number of hydrogen-bond acceptors (Lipinski definition) is 6. The zero-order valence-electron chi connectivity index (χ0n) is 18.4. The van der Waals surface area contributed by atoms with Gasteiger partial charge in [-0.2, -0.15) is 0 Å². The number of aliphatic hydroxyl groups is 2. The smallest absolute Gasteiger partial charge is 0.254 e. The van der Waals surface area contributed by atoms with Crippen molar-refractivity contribution in [2.45, 2.75) is 43.7 Å². The maximum absolute atomic E-state index is 15.0. The zero-order valence-corrected chi connectivity index (χ0v) is 19.2. The first kappa shape index (κ1) is 24.1. The lowest BCUT2D eigenvalue weighted by molar-refractivity contribution is 0.0912. The van der Waals surface area contributed by atoms with Crippen molar-refractivity contribution in [3.8, 4) is 11.3 Å². The Labute approximate surface area is 201 Å². The Morgan fingerprint density at radius 2 is 2.09 bits per heavy atom. The minimum atomic E-state index is -0.752. The van der Waals surface area contributed by atoms with Crippen molar-refractivity contribution in [2.24, 2.45) is 0 Å². The van der Waals surface area contributed by atoms with Crippen LogP contribution in [-0.4, -0.2) is 38.8 Å². The van der Waals surface area contributed by atoms with Gasteiger partial charge in [-0.05, 0) is 49.1 Å². The van der Waals surface area contributed by atoms with Crippen molar-refractivity contribution in [1.82, 2.24) is 15.3 Å². The number of carbonyl (C=O) groups excluding carboxylic acids is 1. The van der Waals surface area contributed by atoms with Crippen LogP contribution in [0.3, 0.4) is 0 Å². The molecule has 3 atom stereocenters. The van der Waals surface area contributed by atoms with Crippen molar-refractivity contribution in [3.63, 3.8) is 0 Å². The minimum absolute atomic E-state index is 0.0624. The summed E-state index contributed by atoms with van der Waals surface area (Å²) in [5, 5.41) is 22.8. The van der Waals surface area contributed by atoms with Gasteiger partial charge in [0, 0.05) is 16.5 Å². The van der Waals surface area contributed by atoms with E-state index in [0.29, 0.717) is 34.0 Å². The largest absolute Gasteiger partial charge is 0.394 e. The van der Waals surface area contributed by atoms with Gasteiger partial charge in [-0.1, -0.05) is 36.2 Å². The molecule has 2 aromatic carbocycles. The number of carbonyl (C=O) groups is 1. The van der Waals surface area contributed by atoms with Gasteiger partial charge < -0.3 is 21.3 Å². The maximum Gasteiger partial charge on any atom is 0.254 e. The molecule has 7 nitrogen and oxygen atoms in total. The molecule has 178 valence electrons. The normalized spacial score (nSPS) is 18.9. The Hall–Kier alpha value is -3.07. The average Bonchev–Trinajstić information content (AvgIpc) is 2.82. The number of amides is 1. The van der Waals surface area contributed by atoms with E-state index in [1.54, 1.807) is 36.5 Å². The SMILES string of the molecule is Nc1ncc([C@H]2CCC[C@@H](O)C2)nc1-c1ccc(C(=O)NC(CO)c2cccc(Cl)c2)c(F)c1. The summed E-state index contributed by atoms with van der Waals surface area (Å²) in [6.45, 7) is -0.374. The summed E-state index contributed by atoms with van der Waals surface area (Å²) in [6.07, 6.45) is 4.40. The third-order valence-corrected chi connectivity index (χ3v) is 6.35. The van der Waals surface area contributed by atoms with Gasteiger partial charge in [-0.3, -0.25) is 4.79 Å². The number of nitrogens with zero attached hydrogens (tertiary/aromatic N) is 2. The summed E-state index contributed by atoms with van der Waals surface area (Å²) < 4.78 is 15.0. The fraction of sp³-hybridized carbons (Fsp3) is 0.320. The zero-order chi connectivity index (χ0) is 24.2. The van der Waals surface area contributed by atoms with Gasteiger partial charge in [-0.15, -0.1) is 0 Å². The third kappa shape index (κ3) is 5.35. The number of anilines is 1. The Balaban J connectivity index is 1.56. The van der Waals surface area contributed by atoms with E-state index in [-0.39, 0.29) is 30.0 Å². The van der Waals surface area contributed by atoms with E-state index in [2.05, 4.69) is 15.3 Å². The van der Waals surface area contributed by atoms with Crippen molar-refractivity contribution in [1.29, 1.82) is 0 Å². The lowest BCUT2D eigenvalue weighted by Gasteiger charge is -2.25. The first-order valence-corrected chi connectivity index (χ1v) is 11.5. The van der Waals surface area contributed by atoms with Crippen molar-refractivity contribution in [3.05, 3.63) is 76.3 Å². The van der Waals surface area contributed by atoms with Gasteiger partial charge in [-0.25, -0.2) is 14.4 Å². The highest BCUT2D eigenvalue weighted by Gasteiger charge is 2.24. The predicted octanol–water partition coefficient (Wildman–Crippen LogP) is 4.00. The van der Waals surface area contributed by atoms with Gasteiger partial charge in [0.1, 0.15) is 17.3 Å². The van der Waals surface area contributed by atoms with Crippen molar-refractivity contribution in [2.75, 3.05) is 12.3 Å². The number of nitrogen functional groups attached to an aromatic ring is 1. The first-order valence-electron chi connectivity index (χ1n) is 11.1. The van der Waals surface area contributed by atoms with Crippen molar-refractivity contribution >= 4 is 23.3 Å². The van der Waals surface area contributed by atoms with Gasteiger partial charge in [0.05, 0.1) is 36.2 Å². The number of nitrogens with two attached hydrogens (primary N) is 1. The van der Waals surface area contributed by atoms with E-state index in [1.165, 1.54) is 12.1 Å². The lowest BCUT2D eigenvalue weighted by atomic mass is 9.85. The minimum Gasteiger partial charge on any atom is -0.394 e. The molecule has 1 amide bonds. The molecular weight excluding hydrogens is 459 g/mol. The first-order chi connectivity index (χ1) is 16.4.